The van der Waals surface area contributed by atoms with Crippen LogP contribution in [0.15, 0.2) is 48.5 Å². The van der Waals surface area contributed by atoms with Crippen molar-refractivity contribution in [3.8, 4) is 11.5 Å². The van der Waals surface area contributed by atoms with E-state index in [2.05, 4.69) is 0 Å². The molecule has 2 aromatic carbocycles. The maximum absolute atomic E-state index is 12.6. The number of benzene rings is 2. The molecule has 0 atom stereocenters. The molecule has 0 saturated carbocycles. The van der Waals surface area contributed by atoms with Crippen LogP contribution in [0, 0.1) is 0 Å². The van der Waals surface area contributed by atoms with Crippen molar-refractivity contribution < 1.29 is 27.8 Å². The average Bonchev–Trinajstić information content (AvgIpc) is 2.86. The zero-order valence-corrected chi connectivity index (χ0v) is 12.2. The molecule has 0 bridgehead atoms. The van der Waals surface area contributed by atoms with Crippen LogP contribution in [0.4, 0.5) is 13.2 Å². The number of fused-ring (bicyclic) bond motifs is 1. The zero-order chi connectivity index (χ0) is 16.6. The van der Waals surface area contributed by atoms with Gasteiger partial charge in [0, 0.05) is 10.1 Å². The smallest absolute Gasteiger partial charge is 0.416 e. The number of hydrogen-bond donors (Lipinski definition) is 1. The number of aromatic carboxylic acids is 1. The maximum atomic E-state index is 12.6. The van der Waals surface area contributed by atoms with Crippen LogP contribution in [0.3, 0.4) is 0 Å². The summed E-state index contributed by atoms with van der Waals surface area (Å²) in [6.45, 7) is 0. The fraction of sp³-hybridized carbons (Fsp3) is 0.0625. The summed E-state index contributed by atoms with van der Waals surface area (Å²) < 4.78 is 44.0. The third kappa shape index (κ3) is 3.00. The van der Waals surface area contributed by atoms with E-state index >= 15 is 0 Å². The quantitative estimate of drug-likeness (QED) is 0.694. The number of hydrogen-bond acceptors (Lipinski definition) is 3. The lowest BCUT2D eigenvalue weighted by Crippen LogP contribution is -2.04. The Morgan fingerprint density at radius 2 is 1.70 bits per heavy atom. The van der Waals surface area contributed by atoms with Crippen molar-refractivity contribution in [1.82, 2.24) is 0 Å². The summed E-state index contributed by atoms with van der Waals surface area (Å²) in [6, 6.07) is 11.1. The van der Waals surface area contributed by atoms with Gasteiger partial charge in [0.15, 0.2) is 10.6 Å². The van der Waals surface area contributed by atoms with Crippen LogP contribution in [-0.2, 0) is 6.18 Å². The van der Waals surface area contributed by atoms with Crippen LogP contribution in [0.2, 0.25) is 0 Å². The van der Waals surface area contributed by atoms with E-state index in [0.29, 0.717) is 5.39 Å². The van der Waals surface area contributed by atoms with Gasteiger partial charge in [-0.05, 0) is 36.4 Å². The third-order valence-corrected chi connectivity index (χ3v) is 4.29. The Balaban J connectivity index is 2.01. The molecule has 0 aliphatic carbocycles. The fourth-order valence-electron chi connectivity index (χ4n) is 2.09. The van der Waals surface area contributed by atoms with Crippen molar-refractivity contribution >= 4 is 27.4 Å². The molecule has 0 fully saturated rings. The molecule has 0 spiro atoms. The second kappa shape index (κ2) is 5.58. The van der Waals surface area contributed by atoms with Gasteiger partial charge >= 0.3 is 12.1 Å². The van der Waals surface area contributed by atoms with Crippen LogP contribution in [-0.4, -0.2) is 11.1 Å². The van der Waals surface area contributed by atoms with Crippen molar-refractivity contribution in [2.45, 2.75) is 6.18 Å². The number of rotatable bonds is 3. The standard InChI is InChI=1S/C16H9F3O3S/c17-16(18,19)9-5-7-10(8-6-9)22-13-11-3-1-2-4-12(11)23-14(13)15(20)21/h1-8H,(H,20,21). The first kappa shape index (κ1) is 15.4. The molecular weight excluding hydrogens is 329 g/mol. The van der Waals surface area contributed by atoms with E-state index in [0.717, 1.165) is 28.2 Å². The molecule has 3 aromatic rings. The van der Waals surface area contributed by atoms with Gasteiger partial charge in [0.25, 0.3) is 0 Å². The van der Waals surface area contributed by atoms with Gasteiger partial charge in [-0.15, -0.1) is 11.3 Å². The molecule has 0 radical (unpaired) electrons. The molecule has 118 valence electrons. The Labute approximate surface area is 132 Å². The highest BCUT2D eigenvalue weighted by molar-refractivity contribution is 7.21. The predicted molar refractivity (Wildman–Crippen MR) is 80.3 cm³/mol. The molecule has 0 unspecified atom stereocenters. The van der Waals surface area contributed by atoms with Gasteiger partial charge in [0.05, 0.1) is 5.56 Å². The van der Waals surface area contributed by atoms with Crippen molar-refractivity contribution in [2.75, 3.05) is 0 Å². The number of carboxylic acid groups (broad SMARTS) is 1. The minimum Gasteiger partial charge on any atom is -0.477 e. The molecule has 7 heteroatoms. The molecule has 1 N–H and O–H groups in total. The van der Waals surface area contributed by atoms with E-state index in [1.54, 1.807) is 24.3 Å². The molecule has 0 saturated heterocycles. The Morgan fingerprint density at radius 3 is 2.30 bits per heavy atom. The van der Waals surface area contributed by atoms with Crippen molar-refractivity contribution in [2.24, 2.45) is 0 Å². The lowest BCUT2D eigenvalue weighted by molar-refractivity contribution is -0.137. The van der Waals surface area contributed by atoms with E-state index in [-0.39, 0.29) is 16.4 Å². The molecule has 1 aromatic heterocycles. The average molecular weight is 338 g/mol. The number of carboxylic acids is 1. The number of thiophene rings is 1. The highest BCUT2D eigenvalue weighted by atomic mass is 32.1. The van der Waals surface area contributed by atoms with Crippen molar-refractivity contribution in [1.29, 1.82) is 0 Å². The molecule has 3 nitrogen and oxygen atoms in total. The van der Waals surface area contributed by atoms with Crippen LogP contribution < -0.4 is 4.74 Å². The largest absolute Gasteiger partial charge is 0.477 e. The minimum atomic E-state index is -4.43. The Morgan fingerprint density at radius 1 is 1.04 bits per heavy atom. The summed E-state index contributed by atoms with van der Waals surface area (Å²) in [6.07, 6.45) is -4.43. The molecule has 23 heavy (non-hydrogen) atoms. The molecule has 3 rings (SSSR count). The van der Waals surface area contributed by atoms with Gasteiger partial charge in [0.2, 0.25) is 0 Å². The summed E-state index contributed by atoms with van der Waals surface area (Å²) in [4.78, 5) is 11.4. The van der Waals surface area contributed by atoms with Crippen molar-refractivity contribution in [3.63, 3.8) is 0 Å². The lowest BCUT2D eigenvalue weighted by Gasteiger charge is -2.09. The molecule has 1 heterocycles. The van der Waals surface area contributed by atoms with Gasteiger partial charge in [-0.1, -0.05) is 12.1 Å². The summed E-state index contributed by atoms with van der Waals surface area (Å²) >= 11 is 1.05. The first-order valence-corrected chi connectivity index (χ1v) is 7.28. The van der Waals surface area contributed by atoms with E-state index < -0.39 is 17.7 Å². The fourth-order valence-corrected chi connectivity index (χ4v) is 3.06. The summed E-state index contributed by atoms with van der Waals surface area (Å²) in [5.41, 5.74) is -0.793. The number of alkyl halides is 3. The highest BCUT2D eigenvalue weighted by Crippen LogP contribution is 2.40. The molecule has 0 amide bonds. The Hall–Kier alpha value is -2.54. The number of ether oxygens (including phenoxy) is 1. The number of halogens is 3. The predicted octanol–water partition coefficient (Wildman–Crippen LogP) is 5.41. The molecule has 0 aliphatic rings. The van der Waals surface area contributed by atoms with E-state index in [9.17, 15) is 23.1 Å². The Bertz CT molecular complexity index is 866. The summed E-state index contributed by atoms with van der Waals surface area (Å²) in [7, 11) is 0. The van der Waals surface area contributed by atoms with E-state index in [1.807, 2.05) is 0 Å². The van der Waals surface area contributed by atoms with E-state index in [1.165, 1.54) is 12.1 Å². The van der Waals surface area contributed by atoms with Gasteiger partial charge in [-0.3, -0.25) is 0 Å². The lowest BCUT2D eigenvalue weighted by atomic mass is 10.2. The van der Waals surface area contributed by atoms with Crippen LogP contribution in [0.1, 0.15) is 15.2 Å². The first-order chi connectivity index (χ1) is 10.9. The molecule has 0 aliphatic heterocycles. The monoisotopic (exact) mass is 338 g/mol. The second-order valence-electron chi connectivity index (χ2n) is 4.69. The van der Waals surface area contributed by atoms with Crippen LogP contribution in [0.25, 0.3) is 10.1 Å². The second-order valence-corrected chi connectivity index (χ2v) is 5.74. The van der Waals surface area contributed by atoms with Gasteiger partial charge in [-0.25, -0.2) is 4.79 Å². The van der Waals surface area contributed by atoms with Crippen molar-refractivity contribution in [3.05, 3.63) is 59.0 Å². The highest BCUT2D eigenvalue weighted by Gasteiger charge is 2.30. The number of carbonyl (C=O) groups is 1. The Kier molecular flexibility index (Phi) is 3.73. The first-order valence-electron chi connectivity index (χ1n) is 6.46. The van der Waals surface area contributed by atoms with Gasteiger partial charge < -0.3 is 9.84 Å². The normalized spacial score (nSPS) is 11.6. The maximum Gasteiger partial charge on any atom is 0.416 e. The summed E-state index contributed by atoms with van der Waals surface area (Å²) in [5.74, 6) is -0.866. The van der Waals surface area contributed by atoms with Crippen LogP contribution >= 0.6 is 11.3 Å². The van der Waals surface area contributed by atoms with Crippen LogP contribution in [0.5, 0.6) is 11.5 Å². The third-order valence-electron chi connectivity index (χ3n) is 3.15. The van der Waals surface area contributed by atoms with Gasteiger partial charge in [-0.2, -0.15) is 13.2 Å². The minimum absolute atomic E-state index is 0.00565. The zero-order valence-electron chi connectivity index (χ0n) is 11.4. The summed E-state index contributed by atoms with van der Waals surface area (Å²) in [5, 5.41) is 9.88. The van der Waals surface area contributed by atoms with Gasteiger partial charge in [0.1, 0.15) is 5.75 Å². The van der Waals surface area contributed by atoms with E-state index in [4.69, 9.17) is 4.74 Å². The topological polar surface area (TPSA) is 46.5 Å². The SMILES string of the molecule is O=C(O)c1sc2ccccc2c1Oc1ccc(C(F)(F)F)cc1. The molecular formula is C16H9F3O3S.